The SMILES string of the molecule is COc1ccc(C=CC(=O)Nc2nnc(-c3ccc(S(=O)(=O)N(C)C)cc3)o2)cc1OC. The van der Waals surface area contributed by atoms with E-state index in [9.17, 15) is 13.2 Å². The van der Waals surface area contributed by atoms with Gasteiger partial charge in [0.1, 0.15) is 0 Å². The Labute approximate surface area is 185 Å². The van der Waals surface area contributed by atoms with E-state index in [1.54, 1.807) is 43.5 Å². The van der Waals surface area contributed by atoms with E-state index in [-0.39, 0.29) is 16.8 Å². The van der Waals surface area contributed by atoms with Crippen molar-refractivity contribution in [1.29, 1.82) is 0 Å². The summed E-state index contributed by atoms with van der Waals surface area (Å²) in [6.07, 6.45) is 2.91. The van der Waals surface area contributed by atoms with E-state index >= 15 is 0 Å². The largest absolute Gasteiger partial charge is 0.493 e. The van der Waals surface area contributed by atoms with E-state index in [4.69, 9.17) is 13.9 Å². The molecule has 32 heavy (non-hydrogen) atoms. The zero-order valence-electron chi connectivity index (χ0n) is 17.9. The van der Waals surface area contributed by atoms with Gasteiger partial charge in [0.05, 0.1) is 19.1 Å². The molecule has 3 rings (SSSR count). The molecule has 0 saturated carbocycles. The molecule has 1 heterocycles. The molecule has 2 aromatic carbocycles. The Balaban J connectivity index is 1.67. The molecule has 1 N–H and O–H groups in total. The molecule has 0 fully saturated rings. The molecule has 0 unspecified atom stereocenters. The van der Waals surface area contributed by atoms with Crippen LogP contribution in [0.1, 0.15) is 5.56 Å². The van der Waals surface area contributed by atoms with Crippen LogP contribution in [0.15, 0.2) is 57.9 Å². The Hall–Kier alpha value is -3.70. The smallest absolute Gasteiger partial charge is 0.322 e. The standard InChI is InChI=1S/C21H22N4O6S/c1-25(2)32(27,28)16-9-7-15(8-10-16)20-23-24-21(31-20)22-19(26)12-6-14-5-11-17(29-3)18(13-14)30-4/h5-13H,1-4H3,(H,22,24,26). The Bertz CT molecular complexity index is 1230. The lowest BCUT2D eigenvalue weighted by Crippen LogP contribution is -2.22. The normalized spacial score (nSPS) is 11.7. The van der Waals surface area contributed by atoms with Crippen molar-refractivity contribution in [2.24, 2.45) is 0 Å². The summed E-state index contributed by atoms with van der Waals surface area (Å²) in [5.74, 6) is 0.793. The molecule has 0 radical (unpaired) electrons. The molecule has 0 atom stereocenters. The van der Waals surface area contributed by atoms with Crippen LogP contribution in [-0.2, 0) is 14.8 Å². The number of aromatic nitrogens is 2. The number of rotatable bonds is 8. The van der Waals surface area contributed by atoms with Crippen LogP contribution in [0.3, 0.4) is 0 Å². The van der Waals surface area contributed by atoms with Gasteiger partial charge >= 0.3 is 6.01 Å². The van der Waals surface area contributed by atoms with Crippen LogP contribution in [0.4, 0.5) is 6.01 Å². The summed E-state index contributed by atoms with van der Waals surface area (Å²) >= 11 is 0. The van der Waals surface area contributed by atoms with Gasteiger partial charge in [-0.2, -0.15) is 0 Å². The highest BCUT2D eigenvalue weighted by atomic mass is 32.2. The number of hydrogen-bond donors (Lipinski definition) is 1. The summed E-state index contributed by atoms with van der Waals surface area (Å²) in [5, 5.41) is 10.2. The molecular formula is C21H22N4O6S. The molecule has 1 aromatic heterocycles. The maximum Gasteiger partial charge on any atom is 0.322 e. The molecule has 0 aliphatic carbocycles. The summed E-state index contributed by atoms with van der Waals surface area (Å²) in [4.78, 5) is 12.3. The highest BCUT2D eigenvalue weighted by Gasteiger charge is 2.18. The van der Waals surface area contributed by atoms with Crippen LogP contribution in [0.2, 0.25) is 0 Å². The zero-order chi connectivity index (χ0) is 23.3. The first kappa shape index (κ1) is 23.0. The first-order chi connectivity index (χ1) is 15.2. The Morgan fingerprint density at radius 3 is 2.34 bits per heavy atom. The molecule has 0 saturated heterocycles. The zero-order valence-corrected chi connectivity index (χ0v) is 18.7. The van der Waals surface area contributed by atoms with E-state index < -0.39 is 15.9 Å². The Morgan fingerprint density at radius 2 is 1.72 bits per heavy atom. The van der Waals surface area contributed by atoms with Gasteiger partial charge in [0.25, 0.3) is 5.91 Å². The summed E-state index contributed by atoms with van der Waals surface area (Å²) in [7, 11) is 2.44. The van der Waals surface area contributed by atoms with Crippen LogP contribution < -0.4 is 14.8 Å². The number of nitrogens with one attached hydrogen (secondary N) is 1. The van der Waals surface area contributed by atoms with Crippen molar-refractivity contribution in [3.05, 3.63) is 54.1 Å². The average molecular weight is 458 g/mol. The van der Waals surface area contributed by atoms with E-state index in [1.807, 2.05) is 0 Å². The first-order valence-corrected chi connectivity index (χ1v) is 10.8. The van der Waals surface area contributed by atoms with Crippen LogP contribution in [0.5, 0.6) is 11.5 Å². The second-order valence-electron chi connectivity index (χ2n) is 6.66. The Morgan fingerprint density at radius 1 is 1.03 bits per heavy atom. The van der Waals surface area contributed by atoms with Crippen molar-refractivity contribution in [3.8, 4) is 23.0 Å². The number of benzene rings is 2. The molecular weight excluding hydrogens is 436 g/mol. The summed E-state index contributed by atoms with van der Waals surface area (Å²) in [6.45, 7) is 0. The lowest BCUT2D eigenvalue weighted by atomic mass is 10.2. The second-order valence-corrected chi connectivity index (χ2v) is 8.81. The van der Waals surface area contributed by atoms with Gasteiger partial charge in [-0.1, -0.05) is 11.2 Å². The maximum atomic E-state index is 12.2. The number of methoxy groups -OCH3 is 2. The lowest BCUT2D eigenvalue weighted by molar-refractivity contribution is -0.112. The minimum Gasteiger partial charge on any atom is -0.493 e. The number of carbonyl (C=O) groups is 1. The number of carbonyl (C=O) groups excluding carboxylic acids is 1. The summed E-state index contributed by atoms with van der Waals surface area (Å²) in [5.41, 5.74) is 1.24. The minimum atomic E-state index is -3.54. The van der Waals surface area contributed by atoms with E-state index in [0.29, 0.717) is 17.1 Å². The monoisotopic (exact) mass is 458 g/mol. The summed E-state index contributed by atoms with van der Waals surface area (Å²) in [6, 6.07) is 11.1. The fourth-order valence-electron chi connectivity index (χ4n) is 2.65. The molecule has 3 aromatic rings. The molecule has 0 aliphatic heterocycles. The van der Waals surface area contributed by atoms with Gasteiger partial charge in [0.15, 0.2) is 11.5 Å². The molecule has 168 valence electrons. The third-order valence-corrected chi connectivity index (χ3v) is 6.20. The number of amides is 1. The number of sulfonamides is 1. The third-order valence-electron chi connectivity index (χ3n) is 4.37. The fourth-order valence-corrected chi connectivity index (χ4v) is 3.55. The quantitative estimate of drug-likeness (QED) is 0.511. The van der Waals surface area contributed by atoms with E-state index in [0.717, 1.165) is 9.87 Å². The molecule has 10 nitrogen and oxygen atoms in total. The van der Waals surface area contributed by atoms with E-state index in [1.165, 1.54) is 39.4 Å². The molecule has 0 spiro atoms. The van der Waals surface area contributed by atoms with Crippen LogP contribution in [0.25, 0.3) is 17.5 Å². The number of anilines is 1. The lowest BCUT2D eigenvalue weighted by Gasteiger charge is -2.11. The molecule has 0 bridgehead atoms. The van der Waals surface area contributed by atoms with Crippen molar-refractivity contribution in [2.45, 2.75) is 4.90 Å². The highest BCUT2D eigenvalue weighted by Crippen LogP contribution is 2.28. The summed E-state index contributed by atoms with van der Waals surface area (Å²) < 4.78 is 41.3. The first-order valence-electron chi connectivity index (χ1n) is 9.32. The number of hydrogen-bond acceptors (Lipinski definition) is 8. The second kappa shape index (κ2) is 9.62. The van der Waals surface area contributed by atoms with Crippen molar-refractivity contribution in [2.75, 3.05) is 33.6 Å². The fraction of sp³-hybridized carbons (Fsp3) is 0.190. The predicted molar refractivity (Wildman–Crippen MR) is 118 cm³/mol. The van der Waals surface area contributed by atoms with Gasteiger partial charge in [-0.05, 0) is 48.0 Å². The third kappa shape index (κ3) is 5.13. The van der Waals surface area contributed by atoms with Crippen molar-refractivity contribution in [1.82, 2.24) is 14.5 Å². The van der Waals surface area contributed by atoms with Crippen molar-refractivity contribution in [3.63, 3.8) is 0 Å². The topological polar surface area (TPSA) is 124 Å². The minimum absolute atomic E-state index is 0.0908. The van der Waals surface area contributed by atoms with Gasteiger partial charge in [0, 0.05) is 25.7 Å². The highest BCUT2D eigenvalue weighted by molar-refractivity contribution is 7.89. The number of nitrogens with zero attached hydrogens (tertiary/aromatic N) is 3. The predicted octanol–water partition coefficient (Wildman–Crippen LogP) is 2.66. The maximum absolute atomic E-state index is 12.2. The van der Waals surface area contributed by atoms with Gasteiger partial charge in [-0.3, -0.25) is 10.1 Å². The van der Waals surface area contributed by atoms with Gasteiger partial charge in [-0.25, -0.2) is 12.7 Å². The van der Waals surface area contributed by atoms with Crippen LogP contribution in [-0.4, -0.2) is 57.1 Å². The average Bonchev–Trinajstić information content (AvgIpc) is 3.25. The van der Waals surface area contributed by atoms with Crippen molar-refractivity contribution < 1.29 is 27.1 Å². The Kier molecular flexibility index (Phi) is 6.91. The van der Waals surface area contributed by atoms with Crippen LogP contribution in [0, 0.1) is 0 Å². The van der Waals surface area contributed by atoms with Crippen LogP contribution >= 0.6 is 0 Å². The molecule has 1 amide bonds. The van der Waals surface area contributed by atoms with Gasteiger partial charge in [-0.15, -0.1) is 5.10 Å². The molecule has 0 aliphatic rings. The number of ether oxygens (including phenoxy) is 2. The molecule has 11 heteroatoms. The van der Waals surface area contributed by atoms with E-state index in [2.05, 4.69) is 15.5 Å². The van der Waals surface area contributed by atoms with Gasteiger partial charge < -0.3 is 13.9 Å². The van der Waals surface area contributed by atoms with Crippen molar-refractivity contribution >= 4 is 28.0 Å². The van der Waals surface area contributed by atoms with Gasteiger partial charge in [0.2, 0.25) is 15.9 Å².